The topological polar surface area (TPSA) is 76.1 Å². The molecule has 0 amide bonds. The molecule has 0 spiro atoms. The van der Waals surface area contributed by atoms with E-state index < -0.39 is 10.1 Å². The van der Waals surface area contributed by atoms with Crippen LogP contribution < -0.4 is 4.74 Å². The van der Waals surface area contributed by atoms with Gasteiger partial charge in [-0.25, -0.2) is 0 Å². The molecule has 0 saturated carbocycles. The van der Waals surface area contributed by atoms with Gasteiger partial charge in [0, 0.05) is 0 Å². The molecule has 5 nitrogen and oxygen atoms in total. The Balaban J connectivity index is 2.27. The highest BCUT2D eigenvalue weighted by Gasteiger charge is 2.25. The molecule has 1 aliphatic rings. The van der Waals surface area contributed by atoms with E-state index in [1.165, 1.54) is 6.07 Å². The van der Waals surface area contributed by atoms with E-state index in [1.54, 1.807) is 12.1 Å². The quantitative estimate of drug-likeness (QED) is 0.632. The Morgan fingerprint density at radius 2 is 2.25 bits per heavy atom. The SMILES string of the molecule is Cc1ccc(S(=O)(=O)O)c(OCC2CO2)c1. The van der Waals surface area contributed by atoms with Crippen LogP contribution in [-0.4, -0.2) is 32.3 Å². The van der Waals surface area contributed by atoms with E-state index in [0.29, 0.717) is 13.2 Å². The second kappa shape index (κ2) is 4.04. The van der Waals surface area contributed by atoms with Crippen molar-refractivity contribution < 1.29 is 22.4 Å². The third kappa shape index (κ3) is 2.72. The number of hydrogen-bond donors (Lipinski definition) is 1. The maximum Gasteiger partial charge on any atom is 0.298 e. The average molecular weight is 244 g/mol. The van der Waals surface area contributed by atoms with Crippen molar-refractivity contribution in [2.24, 2.45) is 0 Å². The second-order valence-corrected chi connectivity index (χ2v) is 5.08. The molecule has 1 heterocycles. The Morgan fingerprint density at radius 1 is 1.56 bits per heavy atom. The number of aryl methyl sites for hydroxylation is 1. The average Bonchev–Trinajstić information content (AvgIpc) is 2.96. The van der Waals surface area contributed by atoms with Crippen molar-refractivity contribution in [3.63, 3.8) is 0 Å². The van der Waals surface area contributed by atoms with E-state index in [-0.39, 0.29) is 16.7 Å². The van der Waals surface area contributed by atoms with E-state index in [1.807, 2.05) is 6.92 Å². The summed E-state index contributed by atoms with van der Waals surface area (Å²) >= 11 is 0. The van der Waals surface area contributed by atoms with Gasteiger partial charge in [0.2, 0.25) is 0 Å². The third-order valence-corrected chi connectivity index (χ3v) is 3.10. The molecule has 1 saturated heterocycles. The molecule has 0 aromatic heterocycles. The zero-order valence-corrected chi connectivity index (χ0v) is 9.53. The van der Waals surface area contributed by atoms with Crippen LogP contribution in [-0.2, 0) is 14.9 Å². The highest BCUT2D eigenvalue weighted by atomic mass is 32.2. The van der Waals surface area contributed by atoms with Gasteiger partial charge in [-0.15, -0.1) is 0 Å². The summed E-state index contributed by atoms with van der Waals surface area (Å²) in [4.78, 5) is -0.209. The highest BCUT2D eigenvalue weighted by Crippen LogP contribution is 2.25. The van der Waals surface area contributed by atoms with Crippen LogP contribution in [0.5, 0.6) is 5.75 Å². The predicted octanol–water partition coefficient (Wildman–Crippen LogP) is 1.02. The summed E-state index contributed by atoms with van der Waals surface area (Å²) < 4.78 is 41.4. The first-order valence-electron chi connectivity index (χ1n) is 4.79. The molecule has 1 aromatic carbocycles. The zero-order chi connectivity index (χ0) is 11.8. The van der Waals surface area contributed by atoms with Gasteiger partial charge in [-0.2, -0.15) is 8.42 Å². The van der Waals surface area contributed by atoms with Crippen LogP contribution in [0.3, 0.4) is 0 Å². The first kappa shape index (κ1) is 11.4. The normalized spacial score (nSPS) is 19.5. The third-order valence-electron chi connectivity index (χ3n) is 2.20. The lowest BCUT2D eigenvalue weighted by molar-refractivity contribution is 0.257. The van der Waals surface area contributed by atoms with Crippen molar-refractivity contribution in [2.75, 3.05) is 13.2 Å². The molecular formula is C10H12O5S. The fourth-order valence-corrected chi connectivity index (χ4v) is 1.90. The number of rotatable bonds is 4. The van der Waals surface area contributed by atoms with Gasteiger partial charge in [0.25, 0.3) is 10.1 Å². The van der Waals surface area contributed by atoms with E-state index >= 15 is 0 Å². The highest BCUT2D eigenvalue weighted by molar-refractivity contribution is 7.86. The van der Waals surface area contributed by atoms with Crippen molar-refractivity contribution in [3.05, 3.63) is 23.8 Å². The van der Waals surface area contributed by atoms with Crippen molar-refractivity contribution >= 4 is 10.1 Å². The first-order chi connectivity index (χ1) is 7.47. The first-order valence-corrected chi connectivity index (χ1v) is 6.23. The molecule has 16 heavy (non-hydrogen) atoms. The maximum atomic E-state index is 11.1. The minimum Gasteiger partial charge on any atom is -0.489 e. The van der Waals surface area contributed by atoms with Gasteiger partial charge in [0.1, 0.15) is 23.4 Å². The summed E-state index contributed by atoms with van der Waals surface area (Å²) in [7, 11) is -4.24. The van der Waals surface area contributed by atoms with E-state index in [4.69, 9.17) is 14.0 Å². The number of ether oxygens (including phenoxy) is 2. The molecule has 1 unspecified atom stereocenters. The summed E-state index contributed by atoms with van der Waals surface area (Å²) in [5, 5.41) is 0. The lowest BCUT2D eigenvalue weighted by atomic mass is 10.2. The Bertz CT molecular complexity index is 490. The molecule has 1 aromatic rings. The van der Waals surface area contributed by atoms with Gasteiger partial charge < -0.3 is 9.47 Å². The molecule has 0 bridgehead atoms. The monoisotopic (exact) mass is 244 g/mol. The number of hydrogen-bond acceptors (Lipinski definition) is 4. The minimum atomic E-state index is -4.24. The Labute approximate surface area is 93.7 Å². The minimum absolute atomic E-state index is 0.0368. The van der Waals surface area contributed by atoms with Crippen LogP contribution >= 0.6 is 0 Å². The molecule has 1 N–H and O–H groups in total. The van der Waals surface area contributed by atoms with Crippen LogP contribution in [0, 0.1) is 6.92 Å². The molecule has 1 atom stereocenters. The summed E-state index contributed by atoms with van der Waals surface area (Å²) in [6, 6.07) is 4.50. The summed E-state index contributed by atoms with van der Waals surface area (Å²) in [6.45, 7) is 2.74. The number of benzene rings is 1. The molecule has 6 heteroatoms. The molecule has 1 fully saturated rings. The maximum absolute atomic E-state index is 11.1. The van der Waals surface area contributed by atoms with Gasteiger partial charge in [-0.1, -0.05) is 6.07 Å². The van der Waals surface area contributed by atoms with Crippen molar-refractivity contribution in [1.29, 1.82) is 0 Å². The van der Waals surface area contributed by atoms with E-state index in [2.05, 4.69) is 0 Å². The predicted molar refractivity (Wildman–Crippen MR) is 56.2 cm³/mol. The van der Waals surface area contributed by atoms with Crippen molar-refractivity contribution in [3.8, 4) is 5.75 Å². The molecule has 88 valence electrons. The Morgan fingerprint density at radius 3 is 2.81 bits per heavy atom. The van der Waals surface area contributed by atoms with Crippen LogP contribution in [0.2, 0.25) is 0 Å². The zero-order valence-electron chi connectivity index (χ0n) is 8.71. The van der Waals surface area contributed by atoms with Crippen LogP contribution in [0.4, 0.5) is 0 Å². The van der Waals surface area contributed by atoms with Gasteiger partial charge >= 0.3 is 0 Å². The van der Waals surface area contributed by atoms with Gasteiger partial charge in [0.05, 0.1) is 6.61 Å². The second-order valence-electron chi connectivity index (χ2n) is 3.69. The lowest BCUT2D eigenvalue weighted by Crippen LogP contribution is -2.08. The smallest absolute Gasteiger partial charge is 0.298 e. The fourth-order valence-electron chi connectivity index (χ4n) is 1.29. The van der Waals surface area contributed by atoms with Crippen LogP contribution in [0.1, 0.15) is 5.56 Å². The molecule has 0 radical (unpaired) electrons. The lowest BCUT2D eigenvalue weighted by Gasteiger charge is -2.09. The standard InChI is InChI=1S/C10H12O5S/c1-7-2-3-10(16(11,12)13)9(4-7)15-6-8-5-14-8/h2-4,8H,5-6H2,1H3,(H,11,12,13). The van der Waals surface area contributed by atoms with Crippen molar-refractivity contribution in [1.82, 2.24) is 0 Å². The summed E-state index contributed by atoms with van der Waals surface area (Å²) in [5.41, 5.74) is 0.860. The van der Waals surface area contributed by atoms with Gasteiger partial charge in [-0.05, 0) is 24.6 Å². The molecular weight excluding hydrogens is 232 g/mol. The fraction of sp³-hybridized carbons (Fsp3) is 0.400. The molecule has 2 rings (SSSR count). The Hall–Kier alpha value is -1.11. The van der Waals surface area contributed by atoms with Gasteiger partial charge in [0.15, 0.2) is 0 Å². The largest absolute Gasteiger partial charge is 0.489 e. The number of epoxide rings is 1. The summed E-state index contributed by atoms with van der Waals surface area (Å²) in [5.74, 6) is 0.165. The Kier molecular flexibility index (Phi) is 2.88. The molecule has 0 aliphatic carbocycles. The van der Waals surface area contributed by atoms with Gasteiger partial charge in [-0.3, -0.25) is 4.55 Å². The van der Waals surface area contributed by atoms with Crippen molar-refractivity contribution in [2.45, 2.75) is 17.9 Å². The van der Waals surface area contributed by atoms with E-state index in [0.717, 1.165) is 5.56 Å². The molecule has 1 aliphatic heterocycles. The van der Waals surface area contributed by atoms with Crippen LogP contribution in [0.15, 0.2) is 23.1 Å². The van der Waals surface area contributed by atoms with Crippen LogP contribution in [0.25, 0.3) is 0 Å². The van der Waals surface area contributed by atoms with E-state index in [9.17, 15) is 8.42 Å². The summed E-state index contributed by atoms with van der Waals surface area (Å²) in [6.07, 6.45) is 0.0368.